The molecule has 2 aromatic heterocycles. The summed E-state index contributed by atoms with van der Waals surface area (Å²) in [5, 5.41) is 12.1. The lowest BCUT2D eigenvalue weighted by Gasteiger charge is -2.32. The highest BCUT2D eigenvalue weighted by atomic mass is 16.2. The number of piperidine rings is 1. The number of likely N-dealkylation sites (tertiary alicyclic amines) is 1. The smallest absolute Gasteiger partial charge is 0.227 e. The molecule has 6 heteroatoms. The maximum Gasteiger partial charge on any atom is 0.227 e. The highest BCUT2D eigenvalue weighted by Crippen LogP contribution is 2.29. The average Bonchev–Trinajstić information content (AvgIpc) is 3.34. The van der Waals surface area contributed by atoms with Crippen LogP contribution in [0.1, 0.15) is 53.9 Å². The van der Waals surface area contributed by atoms with Crippen LogP contribution in [0.5, 0.6) is 0 Å². The molecule has 0 spiro atoms. The van der Waals surface area contributed by atoms with Crippen molar-refractivity contribution < 1.29 is 4.79 Å². The molecule has 0 atom stereocenters. The van der Waals surface area contributed by atoms with Gasteiger partial charge in [0.25, 0.3) is 0 Å². The fraction of sp³-hybridized carbons (Fsp3) is 0.435. The van der Waals surface area contributed by atoms with Crippen LogP contribution in [-0.4, -0.2) is 43.9 Å². The Kier molecular flexibility index (Phi) is 5.51. The van der Waals surface area contributed by atoms with Gasteiger partial charge >= 0.3 is 0 Å². The van der Waals surface area contributed by atoms with Gasteiger partial charge in [-0.3, -0.25) is 9.89 Å². The Morgan fingerprint density at radius 2 is 1.90 bits per heavy atom. The summed E-state index contributed by atoms with van der Waals surface area (Å²) in [5.74, 6) is 0.670. The fourth-order valence-corrected chi connectivity index (χ4v) is 4.39. The van der Waals surface area contributed by atoms with Crippen LogP contribution in [0.2, 0.25) is 0 Å². The van der Waals surface area contributed by atoms with E-state index in [0.29, 0.717) is 12.3 Å². The van der Waals surface area contributed by atoms with E-state index in [9.17, 15) is 4.79 Å². The number of hydrogen-bond acceptors (Lipinski definition) is 3. The summed E-state index contributed by atoms with van der Waals surface area (Å²) in [5.41, 5.74) is 6.60. The summed E-state index contributed by atoms with van der Waals surface area (Å²) >= 11 is 0. The third-order valence-corrected chi connectivity index (χ3v) is 6.16. The summed E-state index contributed by atoms with van der Waals surface area (Å²) in [6.45, 7) is 7.80. The number of H-pyrrole nitrogens is 1. The number of hydrogen-bond donors (Lipinski definition) is 1. The number of aromatic nitrogens is 4. The largest absolute Gasteiger partial charge is 0.342 e. The molecule has 4 rings (SSSR count). The first-order valence-corrected chi connectivity index (χ1v) is 10.5. The number of para-hydroxylation sites is 1. The molecule has 1 aromatic carbocycles. The minimum Gasteiger partial charge on any atom is -0.342 e. The number of rotatable bonds is 5. The molecule has 152 valence electrons. The molecule has 1 aliphatic heterocycles. The van der Waals surface area contributed by atoms with E-state index in [-0.39, 0.29) is 5.91 Å². The Morgan fingerprint density at radius 3 is 2.59 bits per heavy atom. The molecular weight excluding hydrogens is 362 g/mol. The molecular formula is C23H29N5O. The van der Waals surface area contributed by atoms with Gasteiger partial charge < -0.3 is 4.90 Å². The van der Waals surface area contributed by atoms with Crippen molar-refractivity contribution in [2.75, 3.05) is 13.1 Å². The Morgan fingerprint density at radius 1 is 1.17 bits per heavy atom. The minimum absolute atomic E-state index is 0.197. The van der Waals surface area contributed by atoms with Gasteiger partial charge in [0.05, 0.1) is 24.0 Å². The maximum absolute atomic E-state index is 13.0. The number of aromatic amines is 1. The summed E-state index contributed by atoms with van der Waals surface area (Å²) < 4.78 is 1.94. The van der Waals surface area contributed by atoms with Gasteiger partial charge in [0.15, 0.2) is 0 Å². The van der Waals surface area contributed by atoms with Crippen molar-refractivity contribution in [3.05, 3.63) is 64.7 Å². The van der Waals surface area contributed by atoms with Gasteiger partial charge in [-0.15, -0.1) is 0 Å². The van der Waals surface area contributed by atoms with Crippen molar-refractivity contribution in [1.82, 2.24) is 24.9 Å². The molecule has 29 heavy (non-hydrogen) atoms. The summed E-state index contributed by atoms with van der Waals surface area (Å²) in [7, 11) is 0. The van der Waals surface area contributed by atoms with Crippen LogP contribution in [0.15, 0.2) is 36.5 Å². The molecule has 0 aliphatic carbocycles. The van der Waals surface area contributed by atoms with Crippen molar-refractivity contribution >= 4 is 5.91 Å². The second-order valence-corrected chi connectivity index (χ2v) is 7.89. The third-order valence-electron chi connectivity index (χ3n) is 6.16. The quantitative estimate of drug-likeness (QED) is 0.721. The molecule has 0 bridgehead atoms. The first kappa shape index (κ1) is 19.4. The lowest BCUT2D eigenvalue weighted by atomic mass is 9.90. The molecule has 0 saturated carbocycles. The molecule has 1 N–H and O–H groups in total. The number of carbonyl (C=O) groups is 1. The van der Waals surface area contributed by atoms with E-state index in [1.54, 1.807) is 0 Å². The van der Waals surface area contributed by atoms with Gasteiger partial charge in [0.2, 0.25) is 5.91 Å². The second kappa shape index (κ2) is 8.23. The zero-order valence-electron chi connectivity index (χ0n) is 17.5. The Labute approximate surface area is 171 Å². The summed E-state index contributed by atoms with van der Waals surface area (Å²) in [6, 6.07) is 10.1. The average molecular weight is 392 g/mol. The second-order valence-electron chi connectivity index (χ2n) is 7.89. The van der Waals surface area contributed by atoms with Gasteiger partial charge in [-0.05, 0) is 50.8 Å². The van der Waals surface area contributed by atoms with Crippen molar-refractivity contribution in [3.63, 3.8) is 0 Å². The van der Waals surface area contributed by atoms with Gasteiger partial charge in [0, 0.05) is 36.0 Å². The first-order valence-electron chi connectivity index (χ1n) is 10.5. The van der Waals surface area contributed by atoms with Crippen molar-refractivity contribution in [3.8, 4) is 5.69 Å². The van der Waals surface area contributed by atoms with E-state index in [2.05, 4.69) is 22.2 Å². The van der Waals surface area contributed by atoms with Crippen LogP contribution in [0.4, 0.5) is 0 Å². The molecule has 3 aromatic rings. The molecule has 1 fully saturated rings. The number of aryl methyl sites for hydroxylation is 2. The predicted octanol–water partition coefficient (Wildman–Crippen LogP) is 3.72. The van der Waals surface area contributed by atoms with Crippen LogP contribution in [0, 0.1) is 13.8 Å². The van der Waals surface area contributed by atoms with E-state index < -0.39 is 0 Å². The number of carbonyl (C=O) groups excluding carboxylic acids is 1. The zero-order valence-corrected chi connectivity index (χ0v) is 17.5. The Bertz CT molecular complexity index is 980. The number of nitrogens with one attached hydrogen (secondary N) is 1. The monoisotopic (exact) mass is 391 g/mol. The van der Waals surface area contributed by atoms with Gasteiger partial charge in [-0.25, -0.2) is 4.68 Å². The van der Waals surface area contributed by atoms with Gasteiger partial charge in [0.1, 0.15) is 0 Å². The van der Waals surface area contributed by atoms with Crippen molar-refractivity contribution in [2.45, 2.75) is 52.4 Å². The predicted molar refractivity (Wildman–Crippen MR) is 113 cm³/mol. The number of nitrogens with zero attached hydrogens (tertiary/aromatic N) is 4. The van der Waals surface area contributed by atoms with Crippen molar-refractivity contribution in [1.29, 1.82) is 0 Å². The van der Waals surface area contributed by atoms with E-state index in [0.717, 1.165) is 55.0 Å². The Hall–Kier alpha value is -2.89. The van der Waals surface area contributed by atoms with Gasteiger partial charge in [-0.1, -0.05) is 25.1 Å². The van der Waals surface area contributed by atoms with Crippen molar-refractivity contribution in [2.24, 2.45) is 0 Å². The standard InChI is InChI=1S/C23H29N5O/c1-4-18-15-24-25-23(18)19-10-12-27(13-11-19)22(29)14-21-16(2)26-28(17(21)3)20-8-6-5-7-9-20/h5-9,15,19H,4,10-14H2,1-3H3,(H,24,25). The van der Waals surface area contributed by atoms with Crippen LogP contribution >= 0.6 is 0 Å². The molecule has 0 radical (unpaired) electrons. The zero-order chi connectivity index (χ0) is 20.4. The minimum atomic E-state index is 0.197. The fourth-order valence-electron chi connectivity index (χ4n) is 4.39. The number of benzene rings is 1. The number of amides is 1. The first-order chi connectivity index (χ1) is 14.1. The lowest BCUT2D eigenvalue weighted by Crippen LogP contribution is -2.39. The summed E-state index contributed by atoms with van der Waals surface area (Å²) in [4.78, 5) is 15.0. The summed E-state index contributed by atoms with van der Waals surface area (Å²) in [6.07, 6.45) is 5.32. The maximum atomic E-state index is 13.0. The molecule has 1 aliphatic rings. The molecule has 0 unspecified atom stereocenters. The van der Waals surface area contributed by atoms with E-state index >= 15 is 0 Å². The molecule has 3 heterocycles. The highest BCUT2D eigenvalue weighted by Gasteiger charge is 2.27. The Balaban J connectivity index is 1.42. The highest BCUT2D eigenvalue weighted by molar-refractivity contribution is 5.79. The molecule has 1 amide bonds. The SMILES string of the molecule is CCc1cn[nH]c1C1CCN(C(=O)Cc2c(C)nn(-c3ccccc3)c2C)CC1. The van der Waals surface area contributed by atoms with Crippen LogP contribution < -0.4 is 0 Å². The van der Waals surface area contributed by atoms with Crippen LogP contribution in [0.25, 0.3) is 5.69 Å². The topological polar surface area (TPSA) is 66.8 Å². The van der Waals surface area contributed by atoms with Crippen LogP contribution in [-0.2, 0) is 17.6 Å². The lowest BCUT2D eigenvalue weighted by molar-refractivity contribution is -0.131. The normalized spacial score (nSPS) is 15.1. The van der Waals surface area contributed by atoms with E-state index in [1.165, 1.54) is 11.3 Å². The van der Waals surface area contributed by atoms with Gasteiger partial charge in [-0.2, -0.15) is 10.2 Å². The van der Waals surface area contributed by atoms with Crippen LogP contribution in [0.3, 0.4) is 0 Å². The van der Waals surface area contributed by atoms with E-state index in [1.807, 2.05) is 60.0 Å². The third kappa shape index (κ3) is 3.84. The van der Waals surface area contributed by atoms with E-state index in [4.69, 9.17) is 0 Å². The molecule has 6 nitrogen and oxygen atoms in total. The molecule has 1 saturated heterocycles.